The maximum atomic E-state index is 12.2. The lowest BCUT2D eigenvalue weighted by molar-refractivity contribution is -0.383. The Morgan fingerprint density at radius 3 is 2.45 bits per heavy atom. The number of ether oxygens (including phenoxy) is 1. The van der Waals surface area contributed by atoms with E-state index in [2.05, 4.69) is 10.6 Å². The molecule has 0 aliphatic carbocycles. The summed E-state index contributed by atoms with van der Waals surface area (Å²) in [7, 11) is 2.82. The van der Waals surface area contributed by atoms with Crippen LogP contribution in [-0.2, 0) is 14.3 Å². The third-order valence-corrected chi connectivity index (χ3v) is 3.90. The number of carbonyl (C=O) groups excluding carboxylic acids is 3. The van der Waals surface area contributed by atoms with Crippen molar-refractivity contribution in [2.75, 3.05) is 32.6 Å². The fourth-order valence-corrected chi connectivity index (χ4v) is 2.30. The molecule has 0 radical (unpaired) electrons. The van der Waals surface area contributed by atoms with E-state index in [1.54, 1.807) is 24.3 Å². The molecule has 0 atom stereocenters. The molecule has 152 valence electrons. The number of carbonyl (C=O) groups is 3. The third-order valence-electron chi connectivity index (χ3n) is 3.90. The molecule has 0 aromatic heterocycles. The van der Waals surface area contributed by atoms with Crippen LogP contribution in [0.3, 0.4) is 0 Å². The summed E-state index contributed by atoms with van der Waals surface area (Å²) >= 11 is 0. The Bertz CT molecular complexity index is 916. The van der Waals surface area contributed by atoms with Crippen LogP contribution in [0, 0.1) is 10.1 Å². The molecule has 0 unspecified atom stereocenters. The molecule has 0 spiro atoms. The van der Waals surface area contributed by atoms with Crippen molar-refractivity contribution in [3.63, 3.8) is 0 Å². The van der Waals surface area contributed by atoms with Crippen LogP contribution in [0.15, 0.2) is 48.5 Å². The highest BCUT2D eigenvalue weighted by atomic mass is 16.6. The van der Waals surface area contributed by atoms with E-state index in [0.717, 1.165) is 11.0 Å². The fraction of sp³-hybridized carbons (Fsp3) is 0.211. The maximum Gasteiger partial charge on any atom is 0.338 e. The number of likely N-dealkylation sites (N-methyl/N-ethyl adjacent to an activating group) is 2. The van der Waals surface area contributed by atoms with Crippen LogP contribution in [0.25, 0.3) is 0 Å². The van der Waals surface area contributed by atoms with Gasteiger partial charge in [-0.1, -0.05) is 18.2 Å². The molecule has 2 rings (SSSR count). The molecular weight excluding hydrogens is 380 g/mol. The van der Waals surface area contributed by atoms with Gasteiger partial charge in [-0.05, 0) is 24.3 Å². The van der Waals surface area contributed by atoms with Crippen LogP contribution in [0.5, 0.6) is 0 Å². The molecule has 0 fully saturated rings. The second kappa shape index (κ2) is 9.83. The number of hydrogen-bond acceptors (Lipinski definition) is 7. The zero-order chi connectivity index (χ0) is 21.4. The van der Waals surface area contributed by atoms with Crippen molar-refractivity contribution in [1.82, 2.24) is 10.2 Å². The van der Waals surface area contributed by atoms with E-state index in [1.165, 1.54) is 26.2 Å². The number of hydrogen-bond donors (Lipinski definition) is 2. The van der Waals surface area contributed by atoms with Crippen molar-refractivity contribution in [2.24, 2.45) is 0 Å². The zero-order valence-electron chi connectivity index (χ0n) is 15.9. The minimum Gasteiger partial charge on any atom is -0.452 e. The van der Waals surface area contributed by atoms with E-state index in [4.69, 9.17) is 4.74 Å². The highest BCUT2D eigenvalue weighted by Gasteiger charge is 2.20. The summed E-state index contributed by atoms with van der Waals surface area (Å²) in [4.78, 5) is 47.2. The van der Waals surface area contributed by atoms with Crippen LogP contribution >= 0.6 is 0 Å². The van der Waals surface area contributed by atoms with Gasteiger partial charge in [0.05, 0.1) is 17.0 Å². The summed E-state index contributed by atoms with van der Waals surface area (Å²) < 4.78 is 4.91. The van der Waals surface area contributed by atoms with Gasteiger partial charge in [0.15, 0.2) is 6.61 Å². The Balaban J connectivity index is 2.07. The number of esters is 1. The Labute approximate surface area is 166 Å². The fourth-order valence-electron chi connectivity index (χ4n) is 2.30. The van der Waals surface area contributed by atoms with Gasteiger partial charge in [0.1, 0.15) is 5.69 Å². The summed E-state index contributed by atoms with van der Waals surface area (Å²) in [5.74, 6) is -1.84. The first-order valence-electron chi connectivity index (χ1n) is 8.54. The number of rotatable bonds is 8. The van der Waals surface area contributed by atoms with Gasteiger partial charge in [-0.3, -0.25) is 19.7 Å². The number of nitrogens with zero attached hydrogens (tertiary/aromatic N) is 2. The van der Waals surface area contributed by atoms with Crippen molar-refractivity contribution in [2.45, 2.75) is 0 Å². The highest BCUT2D eigenvalue weighted by Crippen LogP contribution is 2.28. The number of nitro benzene ring substituents is 1. The molecule has 0 saturated heterocycles. The van der Waals surface area contributed by atoms with E-state index in [1.807, 2.05) is 6.07 Å². The van der Waals surface area contributed by atoms with Gasteiger partial charge >= 0.3 is 5.97 Å². The first-order chi connectivity index (χ1) is 13.8. The first-order valence-corrected chi connectivity index (χ1v) is 8.54. The molecule has 0 heterocycles. The summed E-state index contributed by atoms with van der Waals surface area (Å²) in [6, 6.07) is 12.7. The van der Waals surface area contributed by atoms with Crippen LogP contribution < -0.4 is 10.6 Å². The van der Waals surface area contributed by atoms with Gasteiger partial charge in [0.2, 0.25) is 5.91 Å². The Hall–Kier alpha value is -3.95. The number of nitro groups is 1. The zero-order valence-corrected chi connectivity index (χ0v) is 15.9. The highest BCUT2D eigenvalue weighted by molar-refractivity contribution is 5.93. The summed E-state index contributed by atoms with van der Waals surface area (Å²) in [6.07, 6.45) is 0. The average molecular weight is 400 g/mol. The third kappa shape index (κ3) is 6.03. The van der Waals surface area contributed by atoms with Gasteiger partial charge in [-0.15, -0.1) is 0 Å². The Morgan fingerprint density at radius 2 is 1.83 bits per heavy atom. The Kier molecular flexibility index (Phi) is 7.24. The van der Waals surface area contributed by atoms with Crippen LogP contribution in [-0.4, -0.2) is 54.9 Å². The smallest absolute Gasteiger partial charge is 0.338 e. The minimum atomic E-state index is -0.888. The number of para-hydroxylation sites is 1. The van der Waals surface area contributed by atoms with Crippen molar-refractivity contribution in [1.29, 1.82) is 0 Å². The molecule has 0 saturated carbocycles. The van der Waals surface area contributed by atoms with Crippen molar-refractivity contribution in [3.05, 3.63) is 64.2 Å². The molecule has 0 bridgehead atoms. The molecular formula is C19H20N4O6. The molecule has 2 aromatic rings. The molecule has 0 aliphatic heterocycles. The number of anilines is 2. The normalized spacial score (nSPS) is 10.0. The van der Waals surface area contributed by atoms with Crippen molar-refractivity contribution in [3.8, 4) is 0 Å². The summed E-state index contributed by atoms with van der Waals surface area (Å²) in [6.45, 7) is -0.775. The van der Waals surface area contributed by atoms with Crippen LogP contribution in [0.1, 0.15) is 10.4 Å². The van der Waals surface area contributed by atoms with Gasteiger partial charge in [0.25, 0.3) is 11.6 Å². The Morgan fingerprint density at radius 1 is 1.14 bits per heavy atom. The molecule has 10 nitrogen and oxygen atoms in total. The predicted octanol–water partition coefficient (Wildman–Crippen LogP) is 1.70. The predicted molar refractivity (Wildman–Crippen MR) is 105 cm³/mol. The second-order valence-electron chi connectivity index (χ2n) is 5.98. The topological polar surface area (TPSA) is 131 Å². The van der Waals surface area contributed by atoms with E-state index < -0.39 is 23.4 Å². The van der Waals surface area contributed by atoms with E-state index in [-0.39, 0.29) is 29.4 Å². The molecule has 29 heavy (non-hydrogen) atoms. The number of nitrogens with one attached hydrogen (secondary N) is 2. The maximum absolute atomic E-state index is 12.2. The van der Waals surface area contributed by atoms with E-state index in [0.29, 0.717) is 5.69 Å². The van der Waals surface area contributed by atoms with Gasteiger partial charge in [0, 0.05) is 25.8 Å². The lowest BCUT2D eigenvalue weighted by atomic mass is 10.1. The SMILES string of the molecule is CNC(=O)CN(C)C(=O)COC(=O)c1ccc(Nc2ccccc2)c([N+](=O)[O-])c1. The molecule has 0 aliphatic rings. The van der Waals surface area contributed by atoms with E-state index >= 15 is 0 Å². The average Bonchev–Trinajstić information content (AvgIpc) is 2.72. The van der Waals surface area contributed by atoms with Crippen LogP contribution in [0.4, 0.5) is 17.1 Å². The first kappa shape index (κ1) is 21.4. The van der Waals surface area contributed by atoms with Crippen LogP contribution in [0.2, 0.25) is 0 Å². The number of amides is 2. The molecule has 10 heteroatoms. The summed E-state index contributed by atoms with van der Waals surface area (Å²) in [5.41, 5.74) is 0.471. The van der Waals surface area contributed by atoms with Crippen molar-refractivity contribution >= 4 is 34.8 Å². The summed E-state index contributed by atoms with van der Waals surface area (Å²) in [5, 5.41) is 16.7. The van der Waals surface area contributed by atoms with Gasteiger partial charge in [-0.2, -0.15) is 0 Å². The van der Waals surface area contributed by atoms with Gasteiger partial charge < -0.3 is 20.3 Å². The molecule has 2 N–H and O–H groups in total. The molecule has 2 aromatic carbocycles. The number of benzene rings is 2. The lowest BCUT2D eigenvalue weighted by Gasteiger charge is -2.16. The van der Waals surface area contributed by atoms with Gasteiger partial charge in [-0.25, -0.2) is 4.79 Å². The largest absolute Gasteiger partial charge is 0.452 e. The van der Waals surface area contributed by atoms with Crippen molar-refractivity contribution < 1.29 is 24.0 Å². The second-order valence-corrected chi connectivity index (χ2v) is 5.98. The molecule has 2 amide bonds. The van der Waals surface area contributed by atoms with E-state index in [9.17, 15) is 24.5 Å². The quantitative estimate of drug-likeness (QED) is 0.392. The monoisotopic (exact) mass is 400 g/mol. The standard InChI is InChI=1S/C19H20N4O6/c1-20-17(24)11-22(2)18(25)12-29-19(26)13-8-9-15(16(10-13)23(27)28)21-14-6-4-3-5-7-14/h3-10,21H,11-12H2,1-2H3,(H,20,24). The minimum absolute atomic E-state index is 0.0722. The lowest BCUT2D eigenvalue weighted by Crippen LogP contribution is -2.39.